The first-order valence-corrected chi connectivity index (χ1v) is 9.74. The molecule has 7 heteroatoms. The molecule has 0 spiro atoms. The van der Waals surface area contributed by atoms with Gasteiger partial charge in [0.15, 0.2) is 0 Å². The van der Waals surface area contributed by atoms with Crippen LogP contribution in [0.2, 0.25) is 0 Å². The molecule has 0 aliphatic carbocycles. The molecule has 3 aromatic rings. The number of benzene rings is 2. The van der Waals surface area contributed by atoms with Gasteiger partial charge in [-0.2, -0.15) is 0 Å². The molecular weight excluding hydrogens is 407 g/mol. The second-order valence-corrected chi connectivity index (χ2v) is 7.41. The Morgan fingerprint density at radius 2 is 1.86 bits per heavy atom. The van der Waals surface area contributed by atoms with Crippen molar-refractivity contribution in [2.24, 2.45) is 11.7 Å². The van der Waals surface area contributed by atoms with Crippen molar-refractivity contribution in [1.82, 2.24) is 9.55 Å². The normalized spacial score (nSPS) is 15.2. The summed E-state index contributed by atoms with van der Waals surface area (Å²) in [5, 5.41) is 3.01. The predicted octanol–water partition coefficient (Wildman–Crippen LogP) is 4.88. The van der Waals surface area contributed by atoms with Crippen LogP contribution in [0.3, 0.4) is 0 Å². The highest BCUT2D eigenvalue weighted by Crippen LogP contribution is 2.26. The number of aromatic nitrogens is 2. The molecule has 2 aromatic carbocycles. The van der Waals surface area contributed by atoms with E-state index < -0.39 is 0 Å². The van der Waals surface area contributed by atoms with Gasteiger partial charge in [0.1, 0.15) is 5.82 Å². The average Bonchev–Trinajstić information content (AvgIpc) is 2.87. The first-order chi connectivity index (χ1) is 13.1. The number of anilines is 1. The third-order valence-electron chi connectivity index (χ3n) is 5.51. The average molecular weight is 435 g/mol. The Balaban J connectivity index is 0.00000150. The maximum Gasteiger partial charge on any atom is 0.229 e. The predicted molar refractivity (Wildman–Crippen MR) is 123 cm³/mol. The first kappa shape index (κ1) is 23.2. The van der Waals surface area contributed by atoms with Crippen LogP contribution in [-0.2, 0) is 17.8 Å². The molecule has 2 atom stereocenters. The van der Waals surface area contributed by atoms with E-state index in [2.05, 4.69) is 16.0 Å². The monoisotopic (exact) mass is 434 g/mol. The van der Waals surface area contributed by atoms with E-state index in [1.54, 1.807) is 0 Å². The van der Waals surface area contributed by atoms with Gasteiger partial charge in [-0.15, -0.1) is 24.8 Å². The molecular formula is C22H28Cl2N4O. The lowest BCUT2D eigenvalue weighted by molar-refractivity contribution is -0.120. The molecule has 0 bridgehead atoms. The van der Waals surface area contributed by atoms with Crippen LogP contribution in [0.1, 0.15) is 43.6 Å². The number of imidazole rings is 1. The van der Waals surface area contributed by atoms with Crippen LogP contribution in [0.5, 0.6) is 0 Å². The Morgan fingerprint density at radius 1 is 1.10 bits per heavy atom. The minimum absolute atomic E-state index is 0. The Kier molecular flexibility index (Phi) is 8.08. The van der Waals surface area contributed by atoms with Crippen molar-refractivity contribution in [3.8, 4) is 0 Å². The van der Waals surface area contributed by atoms with Crippen LogP contribution in [0, 0.1) is 5.92 Å². The zero-order chi connectivity index (χ0) is 18.8. The van der Waals surface area contributed by atoms with Gasteiger partial charge in [0, 0.05) is 24.7 Å². The number of carbonyl (C=O) groups excluding carboxylic acids is 1. The smallest absolute Gasteiger partial charge is 0.229 e. The second kappa shape index (κ2) is 10.1. The standard InChI is InChI=1S/C22H26N4O.2ClH/c1-15(21(23)16-8-4-2-5-9-16)22(27)24-17-11-12-19-18(14-17)25-20-10-6-3-7-13-26(19)20;;/h2,4-5,8-9,11-12,14-15,21H,3,6-7,10,13,23H2,1H3,(H,24,27);2*1H. The van der Waals surface area contributed by atoms with Gasteiger partial charge in [-0.3, -0.25) is 4.79 Å². The molecule has 3 N–H and O–H groups in total. The fourth-order valence-electron chi connectivity index (χ4n) is 3.81. The molecule has 0 saturated heterocycles. The summed E-state index contributed by atoms with van der Waals surface area (Å²) < 4.78 is 2.32. The van der Waals surface area contributed by atoms with Crippen molar-refractivity contribution in [2.75, 3.05) is 5.32 Å². The Labute approximate surface area is 183 Å². The summed E-state index contributed by atoms with van der Waals surface area (Å²) in [7, 11) is 0. The molecule has 1 amide bonds. The molecule has 0 radical (unpaired) electrons. The summed E-state index contributed by atoms with van der Waals surface area (Å²) in [6, 6.07) is 15.4. The van der Waals surface area contributed by atoms with Crippen LogP contribution in [0.25, 0.3) is 11.0 Å². The van der Waals surface area contributed by atoms with E-state index in [1.807, 2.05) is 49.4 Å². The van der Waals surface area contributed by atoms with Crippen molar-refractivity contribution in [3.05, 3.63) is 59.9 Å². The second-order valence-electron chi connectivity index (χ2n) is 7.41. The van der Waals surface area contributed by atoms with Crippen molar-refractivity contribution in [2.45, 2.75) is 45.2 Å². The number of hydrogen-bond acceptors (Lipinski definition) is 3. The highest BCUT2D eigenvalue weighted by Gasteiger charge is 2.22. The maximum atomic E-state index is 12.7. The molecule has 4 rings (SSSR count). The highest BCUT2D eigenvalue weighted by atomic mass is 35.5. The zero-order valence-corrected chi connectivity index (χ0v) is 18.1. The third kappa shape index (κ3) is 4.92. The number of rotatable bonds is 4. The highest BCUT2D eigenvalue weighted by molar-refractivity contribution is 5.95. The number of nitrogens with zero attached hydrogens (tertiary/aromatic N) is 2. The summed E-state index contributed by atoms with van der Waals surface area (Å²) in [6.45, 7) is 2.89. The number of nitrogens with one attached hydrogen (secondary N) is 1. The fraction of sp³-hybridized carbons (Fsp3) is 0.364. The molecule has 1 aromatic heterocycles. The quantitative estimate of drug-likeness (QED) is 0.614. The molecule has 1 aliphatic heterocycles. The van der Waals surface area contributed by atoms with E-state index in [9.17, 15) is 4.79 Å². The summed E-state index contributed by atoms with van der Waals surface area (Å²) in [5.41, 5.74) is 10.1. The van der Waals surface area contributed by atoms with Crippen LogP contribution in [0.15, 0.2) is 48.5 Å². The molecule has 0 saturated carbocycles. The van der Waals surface area contributed by atoms with Crippen molar-refractivity contribution < 1.29 is 4.79 Å². The minimum atomic E-state index is -0.335. The van der Waals surface area contributed by atoms with Crippen molar-refractivity contribution in [3.63, 3.8) is 0 Å². The first-order valence-electron chi connectivity index (χ1n) is 9.74. The van der Waals surface area contributed by atoms with Gasteiger partial charge in [-0.05, 0) is 36.6 Å². The van der Waals surface area contributed by atoms with Gasteiger partial charge in [0.05, 0.1) is 17.0 Å². The van der Waals surface area contributed by atoms with Gasteiger partial charge >= 0.3 is 0 Å². The molecule has 2 heterocycles. The summed E-state index contributed by atoms with van der Waals surface area (Å²) >= 11 is 0. The van der Waals surface area contributed by atoms with Gasteiger partial charge in [-0.25, -0.2) is 4.98 Å². The fourth-order valence-corrected chi connectivity index (χ4v) is 3.81. The molecule has 156 valence electrons. The minimum Gasteiger partial charge on any atom is -0.328 e. The molecule has 1 aliphatic rings. The number of amides is 1. The lowest BCUT2D eigenvalue weighted by atomic mass is 9.94. The van der Waals surface area contributed by atoms with E-state index in [0.717, 1.165) is 41.1 Å². The van der Waals surface area contributed by atoms with Gasteiger partial charge < -0.3 is 15.6 Å². The summed E-state index contributed by atoms with van der Waals surface area (Å²) in [4.78, 5) is 17.5. The van der Waals surface area contributed by atoms with Crippen LogP contribution >= 0.6 is 24.8 Å². The Morgan fingerprint density at radius 3 is 2.62 bits per heavy atom. The number of hydrogen-bond donors (Lipinski definition) is 2. The van der Waals surface area contributed by atoms with E-state index in [1.165, 1.54) is 19.3 Å². The molecule has 0 fully saturated rings. The van der Waals surface area contributed by atoms with Crippen molar-refractivity contribution >= 4 is 47.4 Å². The van der Waals surface area contributed by atoms with E-state index in [-0.39, 0.29) is 42.7 Å². The topological polar surface area (TPSA) is 72.9 Å². The zero-order valence-electron chi connectivity index (χ0n) is 16.5. The van der Waals surface area contributed by atoms with Crippen LogP contribution < -0.4 is 11.1 Å². The summed E-state index contributed by atoms with van der Waals surface area (Å²) in [5.74, 6) is 0.749. The third-order valence-corrected chi connectivity index (χ3v) is 5.51. The van der Waals surface area contributed by atoms with Gasteiger partial charge in [0.25, 0.3) is 0 Å². The number of halogens is 2. The number of fused-ring (bicyclic) bond motifs is 3. The maximum absolute atomic E-state index is 12.7. The Hall–Kier alpha value is -2.08. The van der Waals surface area contributed by atoms with Crippen LogP contribution in [0.4, 0.5) is 5.69 Å². The lowest BCUT2D eigenvalue weighted by Crippen LogP contribution is -2.30. The van der Waals surface area contributed by atoms with E-state index >= 15 is 0 Å². The van der Waals surface area contributed by atoms with E-state index in [0.29, 0.717) is 0 Å². The number of aryl methyl sites for hydroxylation is 2. The van der Waals surface area contributed by atoms with Crippen LogP contribution in [-0.4, -0.2) is 15.5 Å². The number of nitrogens with two attached hydrogens (primary N) is 1. The Bertz CT molecular complexity index is 958. The molecule has 5 nitrogen and oxygen atoms in total. The van der Waals surface area contributed by atoms with E-state index in [4.69, 9.17) is 10.7 Å². The summed E-state index contributed by atoms with van der Waals surface area (Å²) in [6.07, 6.45) is 4.69. The van der Waals surface area contributed by atoms with Gasteiger partial charge in [-0.1, -0.05) is 43.7 Å². The number of carbonyl (C=O) groups is 1. The lowest BCUT2D eigenvalue weighted by Gasteiger charge is -2.19. The SMILES string of the molecule is CC(C(=O)Nc1ccc2c(c1)nc1n2CCCCC1)C(N)c1ccccc1.Cl.Cl. The molecule has 2 unspecified atom stereocenters. The largest absolute Gasteiger partial charge is 0.328 e. The van der Waals surface area contributed by atoms with Crippen molar-refractivity contribution in [1.29, 1.82) is 0 Å². The van der Waals surface area contributed by atoms with Gasteiger partial charge in [0.2, 0.25) is 5.91 Å². The molecule has 29 heavy (non-hydrogen) atoms.